The van der Waals surface area contributed by atoms with E-state index in [4.69, 9.17) is 5.26 Å². The lowest BCUT2D eigenvalue weighted by Gasteiger charge is -2.22. The Morgan fingerprint density at radius 3 is 2.76 bits per heavy atom. The molecule has 1 atom stereocenters. The van der Waals surface area contributed by atoms with E-state index in [2.05, 4.69) is 36.8 Å². The van der Waals surface area contributed by atoms with Crippen molar-refractivity contribution in [3.8, 4) is 17.5 Å². The molecule has 0 fully saturated rings. The summed E-state index contributed by atoms with van der Waals surface area (Å²) in [5, 5.41) is 28.7. The lowest BCUT2D eigenvalue weighted by molar-refractivity contribution is -0.00177. The van der Waals surface area contributed by atoms with Crippen molar-refractivity contribution in [2.24, 2.45) is 0 Å². The summed E-state index contributed by atoms with van der Waals surface area (Å²) in [7, 11) is 0. The summed E-state index contributed by atoms with van der Waals surface area (Å²) in [5.41, 5.74) is 1.20. The van der Waals surface area contributed by atoms with Crippen LogP contribution in [-0.2, 0) is 0 Å². The number of amides is 1. The van der Waals surface area contributed by atoms with Crippen LogP contribution in [0, 0.1) is 11.3 Å². The molecular weight excluding hydrogens is 439 g/mol. The Labute approximate surface area is 194 Å². The zero-order valence-corrected chi connectivity index (χ0v) is 18.4. The summed E-state index contributed by atoms with van der Waals surface area (Å²) in [6, 6.07) is 9.01. The molecule has 172 valence electrons. The summed E-state index contributed by atoms with van der Waals surface area (Å²) in [6.45, 7) is 2.29. The molecule has 0 aliphatic rings. The minimum absolute atomic E-state index is 0.151. The van der Waals surface area contributed by atoms with E-state index in [0.717, 1.165) is 0 Å². The van der Waals surface area contributed by atoms with Gasteiger partial charge in [-0.05, 0) is 38.1 Å². The van der Waals surface area contributed by atoms with Crippen molar-refractivity contribution in [1.82, 2.24) is 29.9 Å². The average molecular weight is 460 g/mol. The van der Waals surface area contributed by atoms with E-state index in [0.29, 0.717) is 34.0 Å². The largest absolute Gasteiger partial charge is 0.387 e. The Morgan fingerprint density at radius 2 is 2.06 bits per heavy atom. The fraction of sp³-hybridized carbons (Fsp3) is 0.217. The maximum absolute atomic E-state index is 14.1. The molecule has 4 aromatic heterocycles. The molecule has 4 rings (SSSR count). The molecule has 0 aliphatic carbocycles. The number of hydrogen-bond acceptors (Lipinski definition) is 8. The molecule has 0 bridgehead atoms. The van der Waals surface area contributed by atoms with Gasteiger partial charge in [0.05, 0.1) is 58.3 Å². The molecule has 0 saturated heterocycles. The van der Waals surface area contributed by atoms with E-state index in [-0.39, 0.29) is 12.1 Å². The van der Waals surface area contributed by atoms with E-state index in [9.17, 15) is 14.3 Å². The van der Waals surface area contributed by atoms with Gasteiger partial charge in [-0.2, -0.15) is 10.4 Å². The molecule has 10 nitrogen and oxygen atoms in total. The second-order valence-electron chi connectivity index (χ2n) is 8.07. The Hall–Kier alpha value is -4.43. The Balaban J connectivity index is 1.70. The Kier molecular flexibility index (Phi) is 6.16. The predicted molar refractivity (Wildman–Crippen MR) is 122 cm³/mol. The van der Waals surface area contributed by atoms with Crippen molar-refractivity contribution in [3.63, 3.8) is 0 Å². The van der Waals surface area contributed by atoms with E-state index < -0.39 is 17.7 Å². The molecule has 34 heavy (non-hydrogen) atoms. The van der Waals surface area contributed by atoms with Gasteiger partial charge in [-0.15, -0.1) is 0 Å². The van der Waals surface area contributed by atoms with E-state index in [1.165, 1.54) is 44.8 Å². The second kappa shape index (κ2) is 9.21. The van der Waals surface area contributed by atoms with Crippen LogP contribution < -0.4 is 10.6 Å². The fourth-order valence-electron chi connectivity index (χ4n) is 3.16. The Bertz CT molecular complexity index is 1380. The van der Waals surface area contributed by atoms with Crippen molar-refractivity contribution in [2.45, 2.75) is 25.6 Å². The summed E-state index contributed by atoms with van der Waals surface area (Å²) in [4.78, 5) is 25.4. The number of rotatable bonds is 7. The average Bonchev–Trinajstić information content (AvgIpc) is 3.25. The summed E-state index contributed by atoms with van der Waals surface area (Å²) in [6.07, 6.45) is 5.67. The first-order chi connectivity index (χ1) is 16.3. The van der Waals surface area contributed by atoms with Crippen molar-refractivity contribution in [3.05, 3.63) is 66.4 Å². The van der Waals surface area contributed by atoms with E-state index in [1.807, 2.05) is 0 Å². The zero-order chi connectivity index (χ0) is 24.3. The van der Waals surface area contributed by atoms with Crippen LogP contribution in [0.1, 0.15) is 29.8 Å². The summed E-state index contributed by atoms with van der Waals surface area (Å²) < 4.78 is 15.8. The molecule has 1 unspecified atom stereocenters. The van der Waals surface area contributed by atoms with Crippen LogP contribution in [-0.4, -0.2) is 53.9 Å². The maximum atomic E-state index is 14.1. The Morgan fingerprint density at radius 1 is 1.24 bits per heavy atom. The van der Waals surface area contributed by atoms with Crippen molar-refractivity contribution in [1.29, 1.82) is 5.26 Å². The maximum Gasteiger partial charge on any atom is 0.255 e. The molecule has 0 aliphatic heterocycles. The van der Waals surface area contributed by atoms with Crippen LogP contribution in [0.4, 0.5) is 15.9 Å². The van der Waals surface area contributed by atoms with Gasteiger partial charge in [-0.3, -0.25) is 14.8 Å². The predicted octanol–water partition coefficient (Wildman–Crippen LogP) is 2.64. The number of carbonyl (C=O) groups excluding carboxylic acids is 1. The number of halogens is 1. The number of carbonyl (C=O) groups is 1. The number of alkyl halides is 1. The van der Waals surface area contributed by atoms with Gasteiger partial charge in [0.1, 0.15) is 18.1 Å². The van der Waals surface area contributed by atoms with Crippen LogP contribution in [0.5, 0.6) is 0 Å². The number of aromatic nitrogens is 5. The van der Waals surface area contributed by atoms with E-state index in [1.54, 1.807) is 28.8 Å². The molecule has 11 heteroatoms. The van der Waals surface area contributed by atoms with Gasteiger partial charge in [-0.1, -0.05) is 0 Å². The third-order valence-corrected chi connectivity index (χ3v) is 5.07. The van der Waals surface area contributed by atoms with Crippen molar-refractivity contribution < 1.29 is 14.3 Å². The quantitative estimate of drug-likeness (QED) is 0.382. The first-order valence-electron chi connectivity index (χ1n) is 10.3. The van der Waals surface area contributed by atoms with Crippen LogP contribution in [0.15, 0.2) is 55.2 Å². The zero-order valence-electron chi connectivity index (χ0n) is 18.4. The highest BCUT2D eigenvalue weighted by Gasteiger charge is 2.27. The minimum atomic E-state index is -1.66. The topological polar surface area (TPSA) is 141 Å². The number of fused-ring (bicyclic) bond motifs is 1. The molecule has 0 spiro atoms. The third-order valence-electron chi connectivity index (χ3n) is 5.07. The summed E-state index contributed by atoms with van der Waals surface area (Å²) >= 11 is 0. The monoisotopic (exact) mass is 460 g/mol. The molecule has 0 aromatic carbocycles. The highest BCUT2D eigenvalue weighted by atomic mass is 19.1. The van der Waals surface area contributed by atoms with Gasteiger partial charge in [0, 0.05) is 18.6 Å². The highest BCUT2D eigenvalue weighted by molar-refractivity contribution is 6.00. The van der Waals surface area contributed by atoms with Crippen molar-refractivity contribution >= 4 is 22.9 Å². The standard InChI is InChI=1S/C23H21FN8O2/c1-23(2,34)20(24)12-29-22(33)16-11-28-18(8-17(16)31-21-13-26-5-6-27-21)19-4-3-15-7-14(9-25)10-30-32(15)19/h3-8,10-11,13,20,34H,12H2,1-2H3,(H,29,33)(H,27,28,31). The van der Waals surface area contributed by atoms with E-state index >= 15 is 0 Å². The van der Waals surface area contributed by atoms with Crippen LogP contribution in [0.3, 0.4) is 0 Å². The van der Waals surface area contributed by atoms with Crippen LogP contribution >= 0.6 is 0 Å². The number of hydrogen-bond donors (Lipinski definition) is 3. The van der Waals surface area contributed by atoms with Gasteiger partial charge >= 0.3 is 0 Å². The number of nitrogens with zero attached hydrogens (tertiary/aromatic N) is 6. The molecule has 0 saturated carbocycles. The normalized spacial score (nSPS) is 12.2. The van der Waals surface area contributed by atoms with Crippen LogP contribution in [0.2, 0.25) is 0 Å². The number of nitrogens with one attached hydrogen (secondary N) is 2. The minimum Gasteiger partial charge on any atom is -0.387 e. The number of nitriles is 1. The van der Waals surface area contributed by atoms with Gasteiger partial charge in [0.25, 0.3) is 5.91 Å². The number of anilines is 2. The van der Waals surface area contributed by atoms with Gasteiger partial charge in [0.2, 0.25) is 0 Å². The smallest absolute Gasteiger partial charge is 0.255 e. The first kappa shape index (κ1) is 22.8. The lowest BCUT2D eigenvalue weighted by Crippen LogP contribution is -2.42. The van der Waals surface area contributed by atoms with Crippen LogP contribution in [0.25, 0.3) is 16.9 Å². The third kappa shape index (κ3) is 4.82. The fourth-order valence-corrected chi connectivity index (χ4v) is 3.16. The van der Waals surface area contributed by atoms with Crippen molar-refractivity contribution in [2.75, 3.05) is 11.9 Å². The lowest BCUT2D eigenvalue weighted by atomic mass is 10.0. The molecule has 4 aromatic rings. The number of aliphatic hydroxyl groups is 1. The SMILES string of the molecule is CC(C)(O)C(F)CNC(=O)c1cnc(-c2ccc3cc(C#N)cnn23)cc1Nc1cnccn1. The molecular formula is C23H21FN8O2. The van der Waals surface area contributed by atoms with Gasteiger partial charge < -0.3 is 15.7 Å². The first-order valence-corrected chi connectivity index (χ1v) is 10.3. The molecule has 0 radical (unpaired) electrons. The second-order valence-corrected chi connectivity index (χ2v) is 8.07. The molecule has 3 N–H and O–H groups in total. The highest BCUT2D eigenvalue weighted by Crippen LogP contribution is 2.27. The molecule has 4 heterocycles. The number of pyridine rings is 1. The van der Waals surface area contributed by atoms with Gasteiger partial charge in [-0.25, -0.2) is 13.9 Å². The van der Waals surface area contributed by atoms with Gasteiger partial charge in [0.15, 0.2) is 0 Å². The summed E-state index contributed by atoms with van der Waals surface area (Å²) in [5.74, 6) is -0.181. The molecule has 1 amide bonds.